The molecule has 3 aromatic rings. The number of rotatable bonds is 10. The molecule has 2 aromatic heterocycles. The highest BCUT2D eigenvalue weighted by atomic mass is 35.5. The Morgan fingerprint density at radius 1 is 1.15 bits per heavy atom. The summed E-state index contributed by atoms with van der Waals surface area (Å²) in [7, 11) is 4.74. The van der Waals surface area contributed by atoms with Crippen molar-refractivity contribution >= 4 is 51.7 Å². The number of aromatic nitrogens is 3. The molecule has 2 saturated heterocycles. The van der Waals surface area contributed by atoms with E-state index in [1.54, 1.807) is 19.4 Å². The van der Waals surface area contributed by atoms with Gasteiger partial charge in [0.25, 0.3) is 0 Å². The van der Waals surface area contributed by atoms with Crippen molar-refractivity contribution < 1.29 is 23.7 Å². The Bertz CT molecular complexity index is 1390. The topological polar surface area (TPSA) is 108 Å². The van der Waals surface area contributed by atoms with Gasteiger partial charge in [-0.3, -0.25) is 4.79 Å². The molecule has 2 fully saturated rings. The van der Waals surface area contributed by atoms with Gasteiger partial charge >= 0.3 is 0 Å². The lowest BCUT2D eigenvalue weighted by molar-refractivity contribution is -0.115. The number of hydrogen-bond donors (Lipinski definition) is 1. The monoisotopic (exact) mass is 573 g/mol. The third-order valence-electron chi connectivity index (χ3n) is 7.06. The smallest absolute Gasteiger partial charge is 0.223 e. The van der Waals surface area contributed by atoms with Crippen LogP contribution in [0, 0.1) is 5.92 Å². The van der Waals surface area contributed by atoms with Crippen LogP contribution < -0.4 is 19.7 Å². The molecule has 0 unspecified atom stereocenters. The van der Waals surface area contributed by atoms with Crippen LogP contribution in [0.15, 0.2) is 31.0 Å². The molecule has 0 bridgehead atoms. The summed E-state index contributed by atoms with van der Waals surface area (Å²) in [4.78, 5) is 28.4. The van der Waals surface area contributed by atoms with Gasteiger partial charge in [-0.1, -0.05) is 29.8 Å². The minimum atomic E-state index is -0.106. The van der Waals surface area contributed by atoms with Crippen molar-refractivity contribution in [1.82, 2.24) is 15.0 Å². The maximum absolute atomic E-state index is 11.9. The highest BCUT2D eigenvalue weighted by molar-refractivity contribution is 6.41. The lowest BCUT2D eigenvalue weighted by Gasteiger charge is -2.39. The number of anilines is 2. The van der Waals surface area contributed by atoms with Crippen LogP contribution >= 0.6 is 23.2 Å². The zero-order valence-electron chi connectivity index (χ0n) is 21.9. The Kier molecular flexibility index (Phi) is 8.08. The molecule has 206 valence electrons. The predicted octanol–water partition coefficient (Wildman–Crippen LogP) is 4.42. The van der Waals surface area contributed by atoms with Gasteiger partial charge < -0.3 is 29.2 Å². The largest absolute Gasteiger partial charge is 0.495 e. The van der Waals surface area contributed by atoms with Gasteiger partial charge in [-0.2, -0.15) is 0 Å². The number of methoxy groups -OCH3 is 3. The van der Waals surface area contributed by atoms with Gasteiger partial charge in [-0.15, -0.1) is 0 Å². The SMILES string of the molecule is C=CC(=O)C[C@H]1COC[C@H]1Nc1ncc2cc(-c3c(Cl)c(OC)cc(OC)c3Cl)nc(N3CC(OC)C3)c2n1. The molecular weight excluding hydrogens is 545 g/mol. The van der Waals surface area contributed by atoms with Crippen LogP contribution in [0.2, 0.25) is 10.0 Å². The molecule has 10 nitrogen and oxygen atoms in total. The Morgan fingerprint density at radius 2 is 1.87 bits per heavy atom. The number of halogens is 2. The van der Waals surface area contributed by atoms with Crippen molar-refractivity contribution in [3.05, 3.63) is 41.0 Å². The number of pyridine rings is 1. The van der Waals surface area contributed by atoms with E-state index < -0.39 is 0 Å². The molecule has 0 spiro atoms. The van der Waals surface area contributed by atoms with Gasteiger partial charge in [0, 0.05) is 55.8 Å². The third-order valence-corrected chi connectivity index (χ3v) is 7.81. The second-order valence-electron chi connectivity index (χ2n) is 9.43. The predicted molar refractivity (Wildman–Crippen MR) is 150 cm³/mol. The molecule has 39 heavy (non-hydrogen) atoms. The average molecular weight is 574 g/mol. The second-order valence-corrected chi connectivity index (χ2v) is 10.2. The molecule has 2 atom stereocenters. The summed E-state index contributed by atoms with van der Waals surface area (Å²) in [6, 6.07) is 3.37. The third kappa shape index (κ3) is 5.34. The molecule has 0 aliphatic carbocycles. The summed E-state index contributed by atoms with van der Waals surface area (Å²) >= 11 is 13.4. The lowest BCUT2D eigenvalue weighted by atomic mass is 9.97. The highest BCUT2D eigenvalue weighted by Gasteiger charge is 2.32. The molecular formula is C27H29Cl2N5O5. The number of fused-ring (bicyclic) bond motifs is 1. The van der Waals surface area contributed by atoms with Gasteiger partial charge in [0.1, 0.15) is 17.0 Å². The van der Waals surface area contributed by atoms with Crippen LogP contribution in [0.5, 0.6) is 11.5 Å². The van der Waals surface area contributed by atoms with Gasteiger partial charge in [0.05, 0.1) is 55.3 Å². The highest BCUT2D eigenvalue weighted by Crippen LogP contribution is 2.46. The van der Waals surface area contributed by atoms with Gasteiger partial charge in [0.2, 0.25) is 5.95 Å². The molecule has 0 saturated carbocycles. The Balaban J connectivity index is 1.57. The van der Waals surface area contributed by atoms with Crippen molar-refractivity contribution in [1.29, 1.82) is 0 Å². The number of ketones is 1. The maximum Gasteiger partial charge on any atom is 0.223 e. The quantitative estimate of drug-likeness (QED) is 0.350. The van der Waals surface area contributed by atoms with Crippen molar-refractivity contribution in [3.8, 4) is 22.8 Å². The van der Waals surface area contributed by atoms with E-state index in [4.69, 9.17) is 52.1 Å². The van der Waals surface area contributed by atoms with E-state index >= 15 is 0 Å². The number of nitrogens with one attached hydrogen (secondary N) is 1. The van der Waals surface area contributed by atoms with Gasteiger partial charge in [-0.05, 0) is 12.1 Å². The van der Waals surface area contributed by atoms with Crippen LogP contribution in [0.3, 0.4) is 0 Å². The average Bonchev–Trinajstić information content (AvgIpc) is 3.34. The van der Waals surface area contributed by atoms with Crippen molar-refractivity contribution in [2.45, 2.75) is 18.6 Å². The fourth-order valence-electron chi connectivity index (χ4n) is 4.78. The zero-order chi connectivity index (χ0) is 27.7. The first-order chi connectivity index (χ1) is 18.9. The van der Waals surface area contributed by atoms with E-state index in [2.05, 4.69) is 21.8 Å². The standard InChI is InChI=1S/C27H29Cl2N5O5/c1-5-16(35)6-15-12-39-13-19(15)32-27-30-9-14-7-18(22-23(28)20(37-3)8-21(38-4)24(22)29)31-26(25(14)33-27)34-10-17(11-34)36-2/h5,7-9,15,17,19H,1,6,10-13H2,2-4H3,(H,30,32,33)/t15-,19+/m0/s1. The van der Waals surface area contributed by atoms with Gasteiger partial charge in [-0.25, -0.2) is 15.0 Å². The maximum atomic E-state index is 11.9. The normalized spacial score (nSPS) is 19.2. The number of allylic oxidation sites excluding steroid dienone is 1. The molecule has 2 aliphatic rings. The summed E-state index contributed by atoms with van der Waals surface area (Å²) in [5.41, 5.74) is 1.68. The van der Waals surface area contributed by atoms with E-state index in [1.807, 2.05) is 6.07 Å². The molecule has 1 N–H and O–H groups in total. The van der Waals surface area contributed by atoms with Crippen LogP contribution in [0.25, 0.3) is 22.2 Å². The van der Waals surface area contributed by atoms with Crippen molar-refractivity contribution in [3.63, 3.8) is 0 Å². The van der Waals surface area contributed by atoms with Crippen LogP contribution in [0.4, 0.5) is 11.8 Å². The molecule has 0 amide bonds. The number of ether oxygens (including phenoxy) is 4. The molecule has 5 rings (SSSR count). The van der Waals surface area contributed by atoms with Gasteiger partial charge in [0.15, 0.2) is 11.6 Å². The van der Waals surface area contributed by atoms with Crippen molar-refractivity contribution in [2.75, 3.05) is 57.8 Å². The molecule has 4 heterocycles. The summed E-state index contributed by atoms with van der Waals surface area (Å²) < 4.78 is 22.0. The van der Waals surface area contributed by atoms with E-state index in [0.717, 1.165) is 5.39 Å². The summed E-state index contributed by atoms with van der Waals surface area (Å²) in [5, 5.41) is 4.73. The fourth-order valence-corrected chi connectivity index (χ4v) is 5.47. The minimum absolute atomic E-state index is 0.0000586. The minimum Gasteiger partial charge on any atom is -0.495 e. The number of nitrogens with zero attached hydrogens (tertiary/aromatic N) is 4. The Morgan fingerprint density at radius 3 is 2.51 bits per heavy atom. The van der Waals surface area contributed by atoms with Crippen molar-refractivity contribution in [2.24, 2.45) is 5.92 Å². The van der Waals surface area contributed by atoms with E-state index in [9.17, 15) is 4.79 Å². The lowest BCUT2D eigenvalue weighted by Crippen LogP contribution is -2.52. The Hall–Kier alpha value is -3.18. The summed E-state index contributed by atoms with van der Waals surface area (Å²) in [5.74, 6) is 1.88. The van der Waals surface area contributed by atoms with E-state index in [-0.39, 0.29) is 23.8 Å². The van der Waals surface area contributed by atoms with Crippen LogP contribution in [-0.4, -0.2) is 80.5 Å². The first-order valence-corrected chi connectivity index (χ1v) is 13.2. The number of carbonyl (C=O) groups excluding carboxylic acids is 1. The molecule has 12 heteroatoms. The van der Waals surface area contributed by atoms with E-state index in [1.165, 1.54) is 20.3 Å². The summed E-state index contributed by atoms with van der Waals surface area (Å²) in [6.45, 7) is 5.82. The fraction of sp³-hybridized carbons (Fsp3) is 0.407. The molecule has 2 aliphatic heterocycles. The number of hydrogen-bond acceptors (Lipinski definition) is 10. The van der Waals surface area contributed by atoms with Crippen LogP contribution in [0.1, 0.15) is 6.42 Å². The Labute approximate surface area is 236 Å². The van der Waals surface area contributed by atoms with Crippen LogP contribution in [-0.2, 0) is 14.3 Å². The van der Waals surface area contributed by atoms with E-state index in [0.29, 0.717) is 82.8 Å². The number of carbonyl (C=O) groups is 1. The summed E-state index contributed by atoms with van der Waals surface area (Å²) in [6.07, 6.45) is 3.51. The zero-order valence-corrected chi connectivity index (χ0v) is 23.4. The first kappa shape index (κ1) is 27.4. The first-order valence-electron chi connectivity index (χ1n) is 12.4. The second kappa shape index (κ2) is 11.5. The number of benzene rings is 1. The molecule has 0 radical (unpaired) electrons. The molecule has 1 aromatic carbocycles.